The maximum atomic E-state index is 13.1. The number of aliphatic hydroxyl groups excluding tert-OH is 1. The summed E-state index contributed by atoms with van der Waals surface area (Å²) >= 11 is 0. The number of rotatable bonds is 3. The van der Waals surface area contributed by atoms with Crippen molar-refractivity contribution in [3.05, 3.63) is 70.3 Å². The standard InChI is InChI=1S/C23H20F3NO5/c1-11-19(28)17(27-22(31)23(24,25)26)10-13(32-11)9-12-5-4-8-16-18(12)21(30)15-7-3-2-6-14(15)20(16)29/h2-8,11,13,17,19,28H,9-10H2,1H3,(H,27,31)/t11-,13-,17-,19+/m0/s1. The van der Waals surface area contributed by atoms with Crippen molar-refractivity contribution in [2.75, 3.05) is 0 Å². The molecule has 0 unspecified atom stereocenters. The molecule has 4 rings (SSSR count). The van der Waals surface area contributed by atoms with Gasteiger partial charge in [-0.2, -0.15) is 13.2 Å². The Balaban J connectivity index is 1.61. The molecule has 2 aromatic carbocycles. The van der Waals surface area contributed by atoms with Crippen LogP contribution in [0.1, 0.15) is 50.8 Å². The molecule has 2 N–H and O–H groups in total. The normalized spacial score (nSPS) is 25.2. The molecule has 1 aliphatic heterocycles. The number of hydrogen-bond acceptors (Lipinski definition) is 5. The highest BCUT2D eigenvalue weighted by atomic mass is 19.4. The number of ketones is 2. The first-order valence-corrected chi connectivity index (χ1v) is 10.1. The Morgan fingerprint density at radius 3 is 2.34 bits per heavy atom. The number of carbonyl (C=O) groups excluding carboxylic acids is 3. The average Bonchev–Trinajstić information content (AvgIpc) is 2.74. The molecule has 1 saturated heterocycles. The maximum absolute atomic E-state index is 13.1. The molecule has 1 aliphatic carbocycles. The number of nitrogens with one attached hydrogen (secondary N) is 1. The molecule has 0 saturated carbocycles. The molecule has 1 heterocycles. The Labute approximate surface area is 181 Å². The first-order valence-electron chi connectivity index (χ1n) is 10.1. The Morgan fingerprint density at radius 1 is 1.06 bits per heavy atom. The smallest absolute Gasteiger partial charge is 0.388 e. The van der Waals surface area contributed by atoms with E-state index in [2.05, 4.69) is 0 Å². The molecular formula is C23H20F3NO5. The van der Waals surface area contributed by atoms with Crippen LogP contribution in [0.15, 0.2) is 42.5 Å². The van der Waals surface area contributed by atoms with Crippen LogP contribution in [0, 0.1) is 0 Å². The largest absolute Gasteiger partial charge is 0.471 e. The zero-order chi connectivity index (χ0) is 23.2. The fourth-order valence-corrected chi connectivity index (χ4v) is 4.35. The zero-order valence-electron chi connectivity index (χ0n) is 17.0. The van der Waals surface area contributed by atoms with E-state index in [1.807, 2.05) is 5.32 Å². The minimum Gasteiger partial charge on any atom is -0.388 e. The number of benzene rings is 2. The van der Waals surface area contributed by atoms with E-state index in [0.29, 0.717) is 16.7 Å². The van der Waals surface area contributed by atoms with Crippen LogP contribution in [-0.4, -0.2) is 53.1 Å². The number of fused-ring (bicyclic) bond motifs is 2. The van der Waals surface area contributed by atoms with Gasteiger partial charge in [0.05, 0.1) is 18.2 Å². The lowest BCUT2D eigenvalue weighted by Crippen LogP contribution is -2.57. The topological polar surface area (TPSA) is 92.7 Å². The van der Waals surface area contributed by atoms with E-state index in [4.69, 9.17) is 4.74 Å². The first kappa shape index (κ1) is 22.2. The lowest BCUT2D eigenvalue weighted by Gasteiger charge is -2.38. The fourth-order valence-electron chi connectivity index (χ4n) is 4.35. The van der Waals surface area contributed by atoms with Gasteiger partial charge in [0.1, 0.15) is 6.10 Å². The molecule has 2 aliphatic rings. The summed E-state index contributed by atoms with van der Waals surface area (Å²) in [6.45, 7) is 1.49. The van der Waals surface area contributed by atoms with Crippen molar-refractivity contribution in [2.45, 2.75) is 50.3 Å². The fraction of sp³-hybridized carbons (Fsp3) is 0.348. The molecular weight excluding hydrogens is 427 g/mol. The highest BCUT2D eigenvalue weighted by Gasteiger charge is 2.44. The van der Waals surface area contributed by atoms with Crippen molar-refractivity contribution < 1.29 is 37.4 Å². The molecule has 1 fully saturated rings. The summed E-state index contributed by atoms with van der Waals surface area (Å²) < 4.78 is 43.7. The Morgan fingerprint density at radius 2 is 1.69 bits per heavy atom. The van der Waals surface area contributed by atoms with E-state index in [9.17, 15) is 32.7 Å². The number of aliphatic hydroxyl groups is 1. The van der Waals surface area contributed by atoms with Crippen molar-refractivity contribution in [2.24, 2.45) is 0 Å². The third kappa shape index (κ3) is 3.93. The molecule has 1 amide bonds. The summed E-state index contributed by atoms with van der Waals surface area (Å²) in [7, 11) is 0. The zero-order valence-corrected chi connectivity index (χ0v) is 17.0. The van der Waals surface area contributed by atoms with Gasteiger partial charge >= 0.3 is 12.1 Å². The molecule has 0 aromatic heterocycles. The molecule has 168 valence electrons. The van der Waals surface area contributed by atoms with E-state index in [1.54, 1.807) is 42.5 Å². The third-order valence-electron chi connectivity index (χ3n) is 5.88. The maximum Gasteiger partial charge on any atom is 0.471 e. The number of hydrogen-bond donors (Lipinski definition) is 2. The van der Waals surface area contributed by atoms with Gasteiger partial charge in [0.2, 0.25) is 0 Å². The molecule has 0 spiro atoms. The lowest BCUT2D eigenvalue weighted by atomic mass is 9.80. The van der Waals surface area contributed by atoms with Crippen LogP contribution in [0.4, 0.5) is 13.2 Å². The van der Waals surface area contributed by atoms with E-state index < -0.39 is 36.4 Å². The first-order chi connectivity index (χ1) is 15.1. The Hall–Kier alpha value is -3.04. The molecule has 4 atom stereocenters. The summed E-state index contributed by atoms with van der Waals surface area (Å²) in [6, 6.07) is 10.2. The predicted molar refractivity (Wildman–Crippen MR) is 106 cm³/mol. The van der Waals surface area contributed by atoms with Crippen molar-refractivity contribution in [3.63, 3.8) is 0 Å². The number of halogens is 3. The molecule has 32 heavy (non-hydrogen) atoms. The van der Waals surface area contributed by atoms with E-state index >= 15 is 0 Å². The number of amides is 1. The summed E-state index contributed by atoms with van der Waals surface area (Å²) in [4.78, 5) is 37.4. The minimum absolute atomic E-state index is 0.0876. The van der Waals surface area contributed by atoms with Gasteiger partial charge in [-0.05, 0) is 25.3 Å². The number of alkyl halides is 3. The molecule has 6 nitrogen and oxygen atoms in total. The summed E-state index contributed by atoms with van der Waals surface area (Å²) in [5, 5.41) is 12.0. The second-order valence-electron chi connectivity index (χ2n) is 8.01. The Kier molecular flexibility index (Phi) is 5.64. The van der Waals surface area contributed by atoms with Gasteiger partial charge in [0.15, 0.2) is 11.6 Å². The van der Waals surface area contributed by atoms with Crippen LogP contribution in [0.3, 0.4) is 0 Å². The lowest BCUT2D eigenvalue weighted by molar-refractivity contribution is -0.179. The highest BCUT2D eigenvalue weighted by Crippen LogP contribution is 2.32. The van der Waals surface area contributed by atoms with E-state index in [0.717, 1.165) is 0 Å². The minimum atomic E-state index is -5.07. The van der Waals surface area contributed by atoms with E-state index in [1.165, 1.54) is 6.92 Å². The molecule has 0 radical (unpaired) electrons. The van der Waals surface area contributed by atoms with Crippen molar-refractivity contribution in [1.82, 2.24) is 5.32 Å². The SMILES string of the molecule is C[C@@H]1O[C@@H](Cc2cccc3c2C(=O)c2ccccc2C3=O)C[C@H](NC(=O)C(F)(F)F)[C@@H]1O. The van der Waals surface area contributed by atoms with Crippen LogP contribution in [0.25, 0.3) is 0 Å². The number of carbonyl (C=O) groups is 3. The van der Waals surface area contributed by atoms with Crippen LogP contribution in [0.2, 0.25) is 0 Å². The number of ether oxygens (including phenoxy) is 1. The second-order valence-corrected chi connectivity index (χ2v) is 8.01. The van der Waals surface area contributed by atoms with Gasteiger partial charge in [0.25, 0.3) is 0 Å². The molecule has 0 bridgehead atoms. The molecule has 2 aromatic rings. The van der Waals surface area contributed by atoms with Gasteiger partial charge in [-0.3, -0.25) is 14.4 Å². The van der Waals surface area contributed by atoms with Crippen molar-refractivity contribution in [3.8, 4) is 0 Å². The Bertz CT molecular complexity index is 1100. The van der Waals surface area contributed by atoms with Crippen LogP contribution >= 0.6 is 0 Å². The average molecular weight is 447 g/mol. The van der Waals surface area contributed by atoms with Crippen LogP contribution in [0.5, 0.6) is 0 Å². The van der Waals surface area contributed by atoms with Gasteiger partial charge in [-0.1, -0.05) is 42.5 Å². The van der Waals surface area contributed by atoms with Gasteiger partial charge in [0, 0.05) is 22.3 Å². The van der Waals surface area contributed by atoms with Gasteiger partial charge < -0.3 is 15.2 Å². The summed E-state index contributed by atoms with van der Waals surface area (Å²) in [6.07, 6.45) is -7.88. The van der Waals surface area contributed by atoms with Gasteiger partial charge in [-0.15, -0.1) is 0 Å². The monoisotopic (exact) mass is 447 g/mol. The molecule has 9 heteroatoms. The van der Waals surface area contributed by atoms with Crippen molar-refractivity contribution in [1.29, 1.82) is 0 Å². The summed E-state index contributed by atoms with van der Waals surface area (Å²) in [5.41, 5.74) is 1.64. The van der Waals surface area contributed by atoms with Crippen LogP contribution in [-0.2, 0) is 16.0 Å². The summed E-state index contributed by atoms with van der Waals surface area (Å²) in [5.74, 6) is -2.72. The quantitative estimate of drug-likeness (QED) is 0.644. The predicted octanol–water partition coefficient (Wildman–Crippen LogP) is 2.59. The van der Waals surface area contributed by atoms with Crippen molar-refractivity contribution >= 4 is 17.5 Å². The van der Waals surface area contributed by atoms with E-state index in [-0.39, 0.29) is 35.5 Å². The van der Waals surface area contributed by atoms with Crippen LogP contribution < -0.4 is 5.32 Å². The van der Waals surface area contributed by atoms with Gasteiger partial charge in [-0.25, -0.2) is 0 Å². The third-order valence-corrected chi connectivity index (χ3v) is 5.88. The highest BCUT2D eigenvalue weighted by molar-refractivity contribution is 6.28. The second kappa shape index (κ2) is 8.14.